The van der Waals surface area contributed by atoms with Gasteiger partial charge in [-0.3, -0.25) is 4.90 Å². The number of benzene rings is 1. The molecule has 1 aromatic carbocycles. The second-order valence-electron chi connectivity index (χ2n) is 6.26. The molecule has 0 aliphatic carbocycles. The zero-order valence-electron chi connectivity index (χ0n) is 14.9. The number of ether oxygens (including phenoxy) is 2. The van der Waals surface area contributed by atoms with Crippen molar-refractivity contribution < 1.29 is 14.3 Å². The third-order valence-electron chi connectivity index (χ3n) is 3.61. The molecule has 2 aromatic rings. The number of hydrogen-bond donors (Lipinski definition) is 0. The third kappa shape index (κ3) is 6.12. The minimum Gasteiger partial charge on any atom is -0.443 e. The highest BCUT2D eigenvalue weighted by Crippen LogP contribution is 2.24. The van der Waals surface area contributed by atoms with E-state index in [0.717, 1.165) is 5.56 Å². The number of aromatic nitrogens is 2. The summed E-state index contributed by atoms with van der Waals surface area (Å²) in [6.07, 6.45) is 0.000436. The SMILES string of the molecule is COCCC(C)(C)OC(=O)N(Cc1ccccc1)c1cc(Cl)nc(Cl)n1. The molecular formula is C18H21Cl2N3O3. The van der Waals surface area contributed by atoms with Crippen LogP contribution in [0.2, 0.25) is 10.4 Å². The van der Waals surface area contributed by atoms with E-state index >= 15 is 0 Å². The lowest BCUT2D eigenvalue weighted by Crippen LogP contribution is -2.39. The molecule has 0 spiro atoms. The number of amides is 1. The Labute approximate surface area is 163 Å². The molecule has 0 aliphatic rings. The van der Waals surface area contributed by atoms with Crippen LogP contribution in [0.4, 0.5) is 10.6 Å². The molecule has 6 nitrogen and oxygen atoms in total. The maximum absolute atomic E-state index is 12.9. The van der Waals surface area contributed by atoms with Gasteiger partial charge < -0.3 is 9.47 Å². The number of carbonyl (C=O) groups excluding carboxylic acids is 1. The van der Waals surface area contributed by atoms with E-state index < -0.39 is 11.7 Å². The first kappa shape index (κ1) is 20.4. The predicted octanol–water partition coefficient (Wildman–Crippen LogP) is 4.74. The summed E-state index contributed by atoms with van der Waals surface area (Å²) in [6, 6.07) is 11.0. The van der Waals surface area contributed by atoms with E-state index in [9.17, 15) is 4.79 Å². The van der Waals surface area contributed by atoms with Crippen LogP contribution in [-0.4, -0.2) is 35.4 Å². The number of methoxy groups -OCH3 is 1. The van der Waals surface area contributed by atoms with Crippen molar-refractivity contribution in [3.05, 3.63) is 52.4 Å². The zero-order valence-corrected chi connectivity index (χ0v) is 16.4. The Balaban J connectivity index is 2.29. The normalized spacial score (nSPS) is 11.3. The molecule has 0 radical (unpaired) electrons. The average Bonchev–Trinajstić information content (AvgIpc) is 2.57. The van der Waals surface area contributed by atoms with E-state index in [2.05, 4.69) is 9.97 Å². The number of rotatable bonds is 7. The van der Waals surface area contributed by atoms with E-state index in [1.807, 2.05) is 44.2 Å². The van der Waals surface area contributed by atoms with Crippen LogP contribution in [0.3, 0.4) is 0 Å². The molecule has 1 aromatic heterocycles. The van der Waals surface area contributed by atoms with Gasteiger partial charge in [0.05, 0.1) is 6.54 Å². The highest BCUT2D eigenvalue weighted by Gasteiger charge is 2.28. The topological polar surface area (TPSA) is 64.6 Å². The van der Waals surface area contributed by atoms with Crippen molar-refractivity contribution in [3.63, 3.8) is 0 Å². The second kappa shape index (κ2) is 9.16. The first-order valence-corrected chi connectivity index (χ1v) is 8.80. The zero-order chi connectivity index (χ0) is 19.2. The van der Waals surface area contributed by atoms with Gasteiger partial charge in [0.15, 0.2) is 0 Å². The van der Waals surface area contributed by atoms with Crippen molar-refractivity contribution in [2.45, 2.75) is 32.4 Å². The summed E-state index contributed by atoms with van der Waals surface area (Å²) in [4.78, 5) is 22.2. The monoisotopic (exact) mass is 397 g/mol. The van der Waals surface area contributed by atoms with Crippen LogP contribution < -0.4 is 4.90 Å². The van der Waals surface area contributed by atoms with Crippen LogP contribution in [0.1, 0.15) is 25.8 Å². The summed E-state index contributed by atoms with van der Waals surface area (Å²) in [7, 11) is 1.60. The molecule has 0 N–H and O–H groups in total. The average molecular weight is 398 g/mol. The first-order chi connectivity index (χ1) is 12.3. The van der Waals surface area contributed by atoms with E-state index in [-0.39, 0.29) is 22.8 Å². The standard InChI is InChI=1S/C18H21Cl2N3O3/c1-18(2,9-10-25-3)26-17(24)23(12-13-7-5-4-6-8-13)15-11-14(19)21-16(20)22-15/h4-8,11H,9-10,12H2,1-3H3. The molecule has 140 valence electrons. The Morgan fingerprint density at radius 2 is 1.88 bits per heavy atom. The summed E-state index contributed by atoms with van der Waals surface area (Å²) in [5.74, 6) is 0.270. The van der Waals surface area contributed by atoms with Crippen molar-refractivity contribution >= 4 is 35.1 Å². The van der Waals surface area contributed by atoms with Crippen molar-refractivity contribution in [2.75, 3.05) is 18.6 Å². The van der Waals surface area contributed by atoms with Crippen molar-refractivity contribution in [2.24, 2.45) is 0 Å². The first-order valence-electron chi connectivity index (χ1n) is 8.04. The van der Waals surface area contributed by atoms with Crippen LogP contribution in [0.5, 0.6) is 0 Å². The molecule has 0 bridgehead atoms. The molecule has 0 atom stereocenters. The van der Waals surface area contributed by atoms with Gasteiger partial charge in [-0.25, -0.2) is 9.78 Å². The number of nitrogens with zero attached hydrogens (tertiary/aromatic N) is 3. The molecule has 0 aliphatic heterocycles. The van der Waals surface area contributed by atoms with Gasteiger partial charge in [-0.05, 0) is 31.0 Å². The lowest BCUT2D eigenvalue weighted by atomic mass is 10.1. The van der Waals surface area contributed by atoms with Crippen LogP contribution >= 0.6 is 23.2 Å². The lowest BCUT2D eigenvalue weighted by Gasteiger charge is -2.29. The highest BCUT2D eigenvalue weighted by molar-refractivity contribution is 6.32. The Morgan fingerprint density at radius 3 is 2.50 bits per heavy atom. The maximum atomic E-state index is 12.9. The van der Waals surface area contributed by atoms with E-state index in [4.69, 9.17) is 32.7 Å². The van der Waals surface area contributed by atoms with E-state index in [1.165, 1.54) is 11.0 Å². The van der Waals surface area contributed by atoms with Gasteiger partial charge in [-0.2, -0.15) is 4.98 Å². The highest BCUT2D eigenvalue weighted by atomic mass is 35.5. The molecule has 0 unspecified atom stereocenters. The molecule has 1 amide bonds. The van der Waals surface area contributed by atoms with Gasteiger partial charge in [0, 0.05) is 26.2 Å². The fraction of sp³-hybridized carbons (Fsp3) is 0.389. The summed E-state index contributed by atoms with van der Waals surface area (Å²) >= 11 is 11.9. The van der Waals surface area contributed by atoms with Crippen LogP contribution in [0.25, 0.3) is 0 Å². The molecule has 26 heavy (non-hydrogen) atoms. The Bertz CT molecular complexity index is 721. The molecule has 0 saturated carbocycles. The largest absolute Gasteiger partial charge is 0.443 e. The van der Waals surface area contributed by atoms with Gasteiger partial charge in [-0.15, -0.1) is 0 Å². The fourth-order valence-corrected chi connectivity index (χ4v) is 2.61. The molecule has 1 heterocycles. The molecule has 2 rings (SSSR count). The minimum atomic E-state index is -0.706. The number of anilines is 1. The van der Waals surface area contributed by atoms with Crippen LogP contribution in [-0.2, 0) is 16.0 Å². The number of carbonyl (C=O) groups is 1. The lowest BCUT2D eigenvalue weighted by molar-refractivity contribution is 0.0184. The van der Waals surface area contributed by atoms with Gasteiger partial charge >= 0.3 is 6.09 Å². The molecule has 0 saturated heterocycles. The Morgan fingerprint density at radius 1 is 1.19 bits per heavy atom. The molecule has 8 heteroatoms. The van der Waals surface area contributed by atoms with Crippen molar-refractivity contribution in [1.29, 1.82) is 0 Å². The van der Waals surface area contributed by atoms with Crippen LogP contribution in [0, 0.1) is 0 Å². The van der Waals surface area contributed by atoms with Gasteiger partial charge in [0.1, 0.15) is 16.6 Å². The maximum Gasteiger partial charge on any atom is 0.416 e. The van der Waals surface area contributed by atoms with Crippen LogP contribution in [0.15, 0.2) is 36.4 Å². The van der Waals surface area contributed by atoms with Gasteiger partial charge in [0.25, 0.3) is 0 Å². The fourth-order valence-electron chi connectivity index (χ4n) is 2.21. The number of halogens is 2. The third-order valence-corrected chi connectivity index (χ3v) is 3.97. The molecular weight excluding hydrogens is 377 g/mol. The summed E-state index contributed by atoms with van der Waals surface area (Å²) in [5, 5.41) is 0.0986. The van der Waals surface area contributed by atoms with Gasteiger partial charge in [-0.1, -0.05) is 41.9 Å². The molecule has 0 fully saturated rings. The number of hydrogen-bond acceptors (Lipinski definition) is 5. The van der Waals surface area contributed by atoms with E-state index in [1.54, 1.807) is 7.11 Å². The second-order valence-corrected chi connectivity index (χ2v) is 6.99. The predicted molar refractivity (Wildman–Crippen MR) is 102 cm³/mol. The smallest absolute Gasteiger partial charge is 0.416 e. The summed E-state index contributed by atoms with van der Waals surface area (Å²) in [6.45, 7) is 4.38. The minimum absolute atomic E-state index is 0.0444. The summed E-state index contributed by atoms with van der Waals surface area (Å²) in [5.41, 5.74) is 0.202. The van der Waals surface area contributed by atoms with E-state index in [0.29, 0.717) is 13.0 Å². The summed E-state index contributed by atoms with van der Waals surface area (Å²) < 4.78 is 10.7. The quantitative estimate of drug-likeness (QED) is 0.498. The van der Waals surface area contributed by atoms with Gasteiger partial charge in [0.2, 0.25) is 5.28 Å². The van der Waals surface area contributed by atoms with Crippen molar-refractivity contribution in [1.82, 2.24) is 9.97 Å². The Kier molecular flexibility index (Phi) is 7.20. The Hall–Kier alpha value is -1.89. The van der Waals surface area contributed by atoms with Crippen molar-refractivity contribution in [3.8, 4) is 0 Å².